The summed E-state index contributed by atoms with van der Waals surface area (Å²) in [6.07, 6.45) is 2.54. The molecule has 0 aliphatic rings. The largest absolute Gasteiger partial charge is 0.500 e. The lowest BCUT2D eigenvalue weighted by Crippen LogP contribution is -1.95. The fraction of sp³-hybridized carbons (Fsp3) is 0.500. The molecule has 0 aliphatic heterocycles. The van der Waals surface area contributed by atoms with Crippen molar-refractivity contribution in [1.82, 2.24) is 0 Å². The normalized spacial score (nSPS) is 9.80. The monoisotopic (exact) mass is 208 g/mol. The van der Waals surface area contributed by atoms with Crippen LogP contribution in [0.5, 0.6) is 0 Å². The number of halogens is 1. The van der Waals surface area contributed by atoms with Gasteiger partial charge in [0.1, 0.15) is 0 Å². The van der Waals surface area contributed by atoms with Crippen molar-refractivity contribution < 1.29 is 14.3 Å². The summed E-state index contributed by atoms with van der Waals surface area (Å²) in [5, 5.41) is 0.749. The second-order valence-electron chi connectivity index (χ2n) is 1.39. The van der Waals surface area contributed by atoms with Gasteiger partial charge in [0.05, 0.1) is 26.1 Å². The Morgan fingerprint density at radius 3 is 2.90 bits per heavy atom. The smallest absolute Gasteiger partial charge is 0.333 e. The Morgan fingerprint density at radius 1 is 1.70 bits per heavy atom. The van der Waals surface area contributed by atoms with E-state index < -0.39 is 5.97 Å². The quantitative estimate of drug-likeness (QED) is 0.228. The van der Waals surface area contributed by atoms with Crippen LogP contribution >= 0.6 is 15.9 Å². The average molecular weight is 209 g/mol. The first-order chi connectivity index (χ1) is 4.81. The van der Waals surface area contributed by atoms with Crippen LogP contribution in [0.3, 0.4) is 0 Å². The highest BCUT2D eigenvalue weighted by Gasteiger charge is 1.88. The van der Waals surface area contributed by atoms with E-state index in [2.05, 4.69) is 20.7 Å². The average Bonchev–Trinajstić information content (AvgIpc) is 1.98. The highest BCUT2D eigenvalue weighted by atomic mass is 79.9. The van der Waals surface area contributed by atoms with E-state index in [1.807, 2.05) is 0 Å². The van der Waals surface area contributed by atoms with E-state index in [0.29, 0.717) is 6.61 Å². The zero-order valence-electron chi connectivity index (χ0n) is 5.67. The molecule has 0 amide bonds. The Labute approximate surface area is 68.1 Å². The van der Waals surface area contributed by atoms with Gasteiger partial charge in [0.15, 0.2) is 0 Å². The summed E-state index contributed by atoms with van der Waals surface area (Å²) in [6.45, 7) is 0.549. The molecule has 0 saturated carbocycles. The van der Waals surface area contributed by atoms with E-state index in [1.54, 1.807) is 0 Å². The van der Waals surface area contributed by atoms with Gasteiger partial charge in [0, 0.05) is 5.33 Å². The molecule has 0 aromatic rings. The Hall–Kier alpha value is -0.510. The minimum atomic E-state index is -0.408. The fourth-order valence-corrected chi connectivity index (χ4v) is 0.471. The third-order valence-corrected chi connectivity index (χ3v) is 1.02. The zero-order valence-corrected chi connectivity index (χ0v) is 7.26. The standard InChI is InChI=1S/C6H9BrO3/c1-9-6(8)2-4-10-5-3-7/h2,4H,3,5H2,1H3. The van der Waals surface area contributed by atoms with Crippen molar-refractivity contribution in [2.45, 2.75) is 0 Å². The molecule has 0 bridgehead atoms. The van der Waals surface area contributed by atoms with Crippen LogP contribution in [-0.2, 0) is 14.3 Å². The molecule has 0 aliphatic carbocycles. The first kappa shape index (κ1) is 9.49. The summed E-state index contributed by atoms with van der Waals surface area (Å²) in [5.41, 5.74) is 0. The second-order valence-corrected chi connectivity index (χ2v) is 2.18. The lowest BCUT2D eigenvalue weighted by Gasteiger charge is -1.93. The van der Waals surface area contributed by atoms with Crippen molar-refractivity contribution in [2.75, 3.05) is 19.0 Å². The van der Waals surface area contributed by atoms with Crippen LogP contribution in [0.25, 0.3) is 0 Å². The van der Waals surface area contributed by atoms with Gasteiger partial charge in [-0.1, -0.05) is 15.9 Å². The molecule has 0 heterocycles. The molecule has 0 saturated heterocycles. The highest BCUT2D eigenvalue weighted by molar-refractivity contribution is 9.09. The van der Waals surface area contributed by atoms with E-state index in [-0.39, 0.29) is 0 Å². The fourth-order valence-electron chi connectivity index (χ4n) is 0.284. The van der Waals surface area contributed by atoms with Crippen molar-refractivity contribution in [2.24, 2.45) is 0 Å². The predicted octanol–water partition coefficient (Wildman–Crippen LogP) is 1.08. The molecule has 0 spiro atoms. The van der Waals surface area contributed by atoms with Crippen LogP contribution < -0.4 is 0 Å². The number of alkyl halides is 1. The Kier molecular flexibility index (Phi) is 6.27. The van der Waals surface area contributed by atoms with Gasteiger partial charge in [-0.2, -0.15) is 0 Å². The van der Waals surface area contributed by atoms with Crippen molar-refractivity contribution in [3.8, 4) is 0 Å². The number of carbonyl (C=O) groups excluding carboxylic acids is 1. The van der Waals surface area contributed by atoms with E-state index >= 15 is 0 Å². The molecule has 0 rings (SSSR count). The van der Waals surface area contributed by atoms with Crippen LogP contribution in [0.2, 0.25) is 0 Å². The molecule has 10 heavy (non-hydrogen) atoms. The minimum Gasteiger partial charge on any atom is -0.500 e. The van der Waals surface area contributed by atoms with Crippen LogP contribution in [-0.4, -0.2) is 25.0 Å². The third-order valence-electron chi connectivity index (χ3n) is 0.697. The van der Waals surface area contributed by atoms with Crippen LogP contribution in [0.1, 0.15) is 0 Å². The first-order valence-corrected chi connectivity index (χ1v) is 3.85. The number of ether oxygens (including phenoxy) is 2. The number of hydrogen-bond acceptors (Lipinski definition) is 3. The van der Waals surface area contributed by atoms with Crippen LogP contribution in [0.15, 0.2) is 12.3 Å². The molecule has 0 unspecified atom stereocenters. The van der Waals surface area contributed by atoms with E-state index in [1.165, 1.54) is 19.4 Å². The highest BCUT2D eigenvalue weighted by Crippen LogP contribution is 1.84. The van der Waals surface area contributed by atoms with Gasteiger partial charge >= 0.3 is 5.97 Å². The van der Waals surface area contributed by atoms with Crippen molar-refractivity contribution in [3.05, 3.63) is 12.3 Å². The molecular weight excluding hydrogens is 200 g/mol. The molecule has 0 atom stereocenters. The minimum absolute atomic E-state index is 0.408. The van der Waals surface area contributed by atoms with Gasteiger partial charge in [-0.15, -0.1) is 0 Å². The molecule has 58 valence electrons. The predicted molar refractivity (Wildman–Crippen MR) is 40.9 cm³/mol. The van der Waals surface area contributed by atoms with Crippen LogP contribution in [0, 0.1) is 0 Å². The number of hydrogen-bond donors (Lipinski definition) is 0. The summed E-state index contributed by atoms with van der Waals surface area (Å²) in [4.78, 5) is 10.4. The van der Waals surface area contributed by atoms with E-state index in [4.69, 9.17) is 4.74 Å². The number of methoxy groups -OCH3 is 1. The summed E-state index contributed by atoms with van der Waals surface area (Å²) < 4.78 is 9.14. The summed E-state index contributed by atoms with van der Waals surface area (Å²) in [6, 6.07) is 0. The molecule has 0 N–H and O–H groups in total. The maximum atomic E-state index is 10.4. The number of esters is 1. The second kappa shape index (κ2) is 6.61. The van der Waals surface area contributed by atoms with Gasteiger partial charge < -0.3 is 9.47 Å². The lowest BCUT2D eigenvalue weighted by molar-refractivity contribution is -0.134. The van der Waals surface area contributed by atoms with Crippen molar-refractivity contribution in [1.29, 1.82) is 0 Å². The van der Waals surface area contributed by atoms with Crippen LogP contribution in [0.4, 0.5) is 0 Å². The Bertz CT molecular complexity index is 122. The molecule has 0 aromatic carbocycles. The molecule has 0 aromatic heterocycles. The molecule has 4 heteroatoms. The maximum Gasteiger partial charge on any atom is 0.333 e. The van der Waals surface area contributed by atoms with Gasteiger partial charge in [-0.25, -0.2) is 4.79 Å². The van der Waals surface area contributed by atoms with E-state index in [0.717, 1.165) is 5.33 Å². The number of carbonyl (C=O) groups is 1. The van der Waals surface area contributed by atoms with Gasteiger partial charge in [-0.3, -0.25) is 0 Å². The van der Waals surface area contributed by atoms with E-state index in [9.17, 15) is 4.79 Å². The molecule has 0 fully saturated rings. The zero-order chi connectivity index (χ0) is 7.82. The van der Waals surface area contributed by atoms with Crippen molar-refractivity contribution in [3.63, 3.8) is 0 Å². The van der Waals surface area contributed by atoms with Gasteiger partial charge in [0.2, 0.25) is 0 Å². The Morgan fingerprint density at radius 2 is 2.40 bits per heavy atom. The maximum absolute atomic E-state index is 10.4. The molecule has 3 nitrogen and oxygen atoms in total. The Balaban J connectivity index is 3.27. The first-order valence-electron chi connectivity index (χ1n) is 2.73. The van der Waals surface area contributed by atoms with Crippen molar-refractivity contribution >= 4 is 21.9 Å². The summed E-state index contributed by atoms with van der Waals surface area (Å²) >= 11 is 3.16. The number of rotatable bonds is 4. The topological polar surface area (TPSA) is 35.5 Å². The summed E-state index contributed by atoms with van der Waals surface area (Å²) in [7, 11) is 1.32. The van der Waals surface area contributed by atoms with Gasteiger partial charge in [0.25, 0.3) is 0 Å². The molecular formula is C6H9BrO3. The SMILES string of the molecule is COC(=O)C=COCCBr. The van der Waals surface area contributed by atoms with Gasteiger partial charge in [-0.05, 0) is 0 Å². The molecule has 0 radical (unpaired) electrons. The third kappa shape index (κ3) is 5.62. The lowest BCUT2D eigenvalue weighted by atomic mass is 10.6. The summed E-state index contributed by atoms with van der Waals surface area (Å²) in [5.74, 6) is -0.408.